The Bertz CT molecular complexity index is 680. The number of rotatable bonds is 3. The highest BCUT2D eigenvalue weighted by Gasteiger charge is 2.30. The number of hydrogen-bond donors (Lipinski definition) is 0. The minimum atomic E-state index is -4.43. The highest BCUT2D eigenvalue weighted by Crippen LogP contribution is 2.29. The quantitative estimate of drug-likeness (QED) is 0.875. The molecule has 106 valence electrons. The number of hydrogen-bond acceptors (Lipinski definition) is 3. The van der Waals surface area contributed by atoms with Crippen molar-refractivity contribution < 1.29 is 21.6 Å². The summed E-state index contributed by atoms with van der Waals surface area (Å²) in [5.41, 5.74) is -0.528. The Hall–Kier alpha value is -1.89. The van der Waals surface area contributed by atoms with Crippen molar-refractivity contribution in [1.82, 2.24) is 4.98 Å². The van der Waals surface area contributed by atoms with Crippen LogP contribution in [-0.2, 0) is 21.8 Å². The van der Waals surface area contributed by atoms with Crippen molar-refractivity contribution in [3.05, 3.63) is 59.8 Å². The first-order valence-corrected chi connectivity index (χ1v) is 7.24. The van der Waals surface area contributed by atoms with Crippen LogP contribution in [0, 0.1) is 0 Å². The Morgan fingerprint density at radius 3 is 2.15 bits per heavy atom. The average molecular weight is 301 g/mol. The number of pyridine rings is 1. The maximum atomic E-state index is 12.4. The van der Waals surface area contributed by atoms with Crippen LogP contribution in [0.25, 0.3) is 0 Å². The molecule has 2 rings (SSSR count). The van der Waals surface area contributed by atoms with Crippen molar-refractivity contribution >= 4 is 9.84 Å². The monoisotopic (exact) mass is 301 g/mol. The lowest BCUT2D eigenvalue weighted by Gasteiger charge is -2.08. The van der Waals surface area contributed by atoms with E-state index < -0.39 is 21.6 Å². The van der Waals surface area contributed by atoms with Gasteiger partial charge >= 0.3 is 6.18 Å². The van der Waals surface area contributed by atoms with Crippen molar-refractivity contribution in [3.8, 4) is 0 Å². The summed E-state index contributed by atoms with van der Waals surface area (Å²) in [6.45, 7) is 0. The third-order valence-electron chi connectivity index (χ3n) is 2.59. The standard InChI is InChI=1S/C13H10F3NO2S/c14-13(15,16)11-6-4-10(5-7-11)9-20(18,19)12-3-1-2-8-17-12/h1-8H,9H2. The smallest absolute Gasteiger partial charge is 0.245 e. The van der Waals surface area contributed by atoms with Gasteiger partial charge in [0.2, 0.25) is 0 Å². The summed E-state index contributed by atoms with van der Waals surface area (Å²) in [6, 6.07) is 8.50. The van der Waals surface area contributed by atoms with Crippen LogP contribution >= 0.6 is 0 Å². The van der Waals surface area contributed by atoms with Gasteiger partial charge in [0.1, 0.15) is 0 Å². The zero-order valence-corrected chi connectivity index (χ0v) is 10.9. The predicted octanol–water partition coefficient (Wildman–Crippen LogP) is 3.07. The van der Waals surface area contributed by atoms with Gasteiger partial charge in [-0.25, -0.2) is 13.4 Å². The fourth-order valence-corrected chi connectivity index (χ4v) is 2.90. The Morgan fingerprint density at radius 2 is 1.65 bits per heavy atom. The number of sulfone groups is 1. The van der Waals surface area contributed by atoms with Gasteiger partial charge in [0.25, 0.3) is 0 Å². The van der Waals surface area contributed by atoms with E-state index >= 15 is 0 Å². The molecule has 0 aliphatic rings. The van der Waals surface area contributed by atoms with Gasteiger partial charge in [-0.1, -0.05) is 18.2 Å². The molecule has 1 aromatic carbocycles. The fraction of sp³-hybridized carbons (Fsp3) is 0.154. The SMILES string of the molecule is O=S(=O)(Cc1ccc(C(F)(F)F)cc1)c1ccccn1. The molecule has 0 atom stereocenters. The average Bonchev–Trinajstić information content (AvgIpc) is 2.39. The van der Waals surface area contributed by atoms with Crippen molar-refractivity contribution in [2.24, 2.45) is 0 Å². The van der Waals surface area contributed by atoms with E-state index in [1.165, 1.54) is 18.3 Å². The molecule has 0 spiro atoms. The van der Waals surface area contributed by atoms with Crippen LogP contribution in [0.4, 0.5) is 13.2 Å². The zero-order valence-electron chi connectivity index (χ0n) is 10.1. The summed E-state index contributed by atoms with van der Waals surface area (Å²) in [5, 5.41) is -0.0973. The Kier molecular flexibility index (Phi) is 3.80. The van der Waals surface area contributed by atoms with E-state index in [1.54, 1.807) is 6.07 Å². The van der Waals surface area contributed by atoms with Crippen molar-refractivity contribution in [3.63, 3.8) is 0 Å². The Labute approximate surface area is 114 Å². The van der Waals surface area contributed by atoms with Crippen LogP contribution < -0.4 is 0 Å². The van der Waals surface area contributed by atoms with Crippen molar-refractivity contribution in [2.45, 2.75) is 17.0 Å². The van der Waals surface area contributed by atoms with E-state index in [0.717, 1.165) is 24.3 Å². The topological polar surface area (TPSA) is 47.0 Å². The molecule has 1 aromatic heterocycles. The van der Waals surface area contributed by atoms with Crippen LogP contribution in [0.3, 0.4) is 0 Å². The molecule has 0 saturated heterocycles. The summed E-state index contributed by atoms with van der Waals surface area (Å²) in [6.07, 6.45) is -3.09. The maximum Gasteiger partial charge on any atom is 0.416 e. The normalized spacial score (nSPS) is 12.3. The third kappa shape index (κ3) is 3.36. The van der Waals surface area contributed by atoms with Crippen LogP contribution in [0.5, 0.6) is 0 Å². The molecule has 1 heterocycles. The molecule has 2 aromatic rings. The Balaban J connectivity index is 2.23. The molecule has 0 amide bonds. The largest absolute Gasteiger partial charge is 0.416 e. The summed E-state index contributed by atoms with van der Waals surface area (Å²) in [5.74, 6) is -0.387. The van der Waals surface area contributed by atoms with Gasteiger partial charge in [-0.15, -0.1) is 0 Å². The van der Waals surface area contributed by atoms with Gasteiger partial charge in [-0.3, -0.25) is 0 Å². The van der Waals surface area contributed by atoms with Gasteiger partial charge in [0.05, 0.1) is 11.3 Å². The first-order chi connectivity index (χ1) is 9.29. The van der Waals surface area contributed by atoms with Gasteiger partial charge in [-0.05, 0) is 29.8 Å². The number of nitrogens with zero attached hydrogens (tertiary/aromatic N) is 1. The van der Waals surface area contributed by atoms with E-state index in [1.807, 2.05) is 0 Å². The number of alkyl halides is 3. The van der Waals surface area contributed by atoms with Gasteiger partial charge in [0.15, 0.2) is 14.9 Å². The first kappa shape index (κ1) is 14.5. The highest BCUT2D eigenvalue weighted by atomic mass is 32.2. The highest BCUT2D eigenvalue weighted by molar-refractivity contribution is 7.90. The molecule has 0 aliphatic carbocycles. The first-order valence-electron chi connectivity index (χ1n) is 5.59. The molecule has 7 heteroatoms. The lowest BCUT2D eigenvalue weighted by atomic mass is 10.1. The molecule has 0 saturated carbocycles. The molecule has 0 bridgehead atoms. The van der Waals surface area contributed by atoms with Crippen molar-refractivity contribution in [1.29, 1.82) is 0 Å². The lowest BCUT2D eigenvalue weighted by Crippen LogP contribution is -2.08. The molecule has 0 radical (unpaired) electrons. The second kappa shape index (κ2) is 5.24. The van der Waals surface area contributed by atoms with Gasteiger partial charge < -0.3 is 0 Å². The second-order valence-corrected chi connectivity index (χ2v) is 6.06. The summed E-state index contributed by atoms with van der Waals surface area (Å²) < 4.78 is 61.2. The predicted molar refractivity (Wildman–Crippen MR) is 66.6 cm³/mol. The number of halogens is 3. The van der Waals surface area contributed by atoms with Crippen LogP contribution in [0.1, 0.15) is 11.1 Å². The molecule has 0 aliphatic heterocycles. The number of benzene rings is 1. The van der Waals surface area contributed by atoms with Crippen LogP contribution in [0.2, 0.25) is 0 Å². The van der Waals surface area contributed by atoms with E-state index in [9.17, 15) is 21.6 Å². The van der Waals surface area contributed by atoms with Gasteiger partial charge in [0, 0.05) is 6.20 Å². The van der Waals surface area contributed by atoms with E-state index in [2.05, 4.69) is 4.98 Å². The summed E-state index contributed by atoms with van der Waals surface area (Å²) in [4.78, 5) is 3.74. The molecule has 0 N–H and O–H groups in total. The maximum absolute atomic E-state index is 12.4. The summed E-state index contributed by atoms with van der Waals surface area (Å²) >= 11 is 0. The number of aromatic nitrogens is 1. The Morgan fingerprint density at radius 1 is 1.00 bits per heavy atom. The van der Waals surface area contributed by atoms with E-state index in [-0.39, 0.29) is 16.3 Å². The third-order valence-corrected chi connectivity index (χ3v) is 4.19. The minimum Gasteiger partial charge on any atom is -0.245 e. The van der Waals surface area contributed by atoms with E-state index in [4.69, 9.17) is 0 Å². The molecular formula is C13H10F3NO2S. The van der Waals surface area contributed by atoms with Crippen LogP contribution in [0.15, 0.2) is 53.7 Å². The lowest BCUT2D eigenvalue weighted by molar-refractivity contribution is -0.137. The molecule has 0 fully saturated rings. The molecule has 3 nitrogen and oxygen atoms in total. The van der Waals surface area contributed by atoms with Gasteiger partial charge in [-0.2, -0.15) is 13.2 Å². The van der Waals surface area contributed by atoms with E-state index in [0.29, 0.717) is 0 Å². The second-order valence-electron chi connectivity index (χ2n) is 4.12. The molecule has 20 heavy (non-hydrogen) atoms. The zero-order chi connectivity index (χ0) is 14.8. The molecule has 0 unspecified atom stereocenters. The fourth-order valence-electron chi connectivity index (χ4n) is 1.61. The molecular weight excluding hydrogens is 291 g/mol. The minimum absolute atomic E-state index is 0.0973. The van der Waals surface area contributed by atoms with Crippen LogP contribution in [-0.4, -0.2) is 13.4 Å². The summed E-state index contributed by atoms with van der Waals surface area (Å²) in [7, 11) is -3.65. The van der Waals surface area contributed by atoms with Crippen molar-refractivity contribution in [2.75, 3.05) is 0 Å².